The van der Waals surface area contributed by atoms with Gasteiger partial charge in [0.05, 0.1) is 11.0 Å². The summed E-state index contributed by atoms with van der Waals surface area (Å²) in [7, 11) is 0. The summed E-state index contributed by atoms with van der Waals surface area (Å²) >= 11 is 0. The Morgan fingerprint density at radius 2 is 1.55 bits per heavy atom. The number of hydrogen-bond acceptors (Lipinski definition) is 2. The fourth-order valence-electron chi connectivity index (χ4n) is 5.31. The molecule has 5 rings (SSSR count). The summed E-state index contributed by atoms with van der Waals surface area (Å²) in [6, 6.07) is 15.5. The predicted octanol–water partition coefficient (Wildman–Crippen LogP) is 5.52. The quantitative estimate of drug-likeness (QED) is 0.696. The van der Waals surface area contributed by atoms with E-state index in [1.807, 2.05) is 30.3 Å². The van der Waals surface area contributed by atoms with Gasteiger partial charge >= 0.3 is 11.9 Å². The number of benzene rings is 2. The van der Waals surface area contributed by atoms with E-state index in [1.165, 1.54) is 22.3 Å². The van der Waals surface area contributed by atoms with Gasteiger partial charge in [0, 0.05) is 5.57 Å². The molecule has 2 N–H and O–H groups in total. The van der Waals surface area contributed by atoms with Crippen molar-refractivity contribution in [1.29, 1.82) is 0 Å². The van der Waals surface area contributed by atoms with Gasteiger partial charge in [-0.3, -0.25) is 0 Å². The van der Waals surface area contributed by atoms with Crippen LogP contribution >= 0.6 is 0 Å². The molecular weight excluding hydrogens is 388 g/mol. The third kappa shape index (κ3) is 2.82. The Bertz CT molecular complexity index is 1220. The Hall–Kier alpha value is -3.66. The van der Waals surface area contributed by atoms with Gasteiger partial charge in [0.1, 0.15) is 0 Å². The van der Waals surface area contributed by atoms with Gasteiger partial charge in [0.25, 0.3) is 0 Å². The van der Waals surface area contributed by atoms with Gasteiger partial charge in [-0.2, -0.15) is 0 Å². The number of hydrogen-bond donors (Lipinski definition) is 2. The molecule has 0 radical (unpaired) electrons. The molecule has 0 saturated heterocycles. The second-order valence-corrected chi connectivity index (χ2v) is 8.18. The van der Waals surface area contributed by atoms with E-state index in [0.29, 0.717) is 18.4 Å². The van der Waals surface area contributed by atoms with E-state index in [4.69, 9.17) is 0 Å². The predicted molar refractivity (Wildman–Crippen MR) is 119 cm³/mol. The van der Waals surface area contributed by atoms with Crippen molar-refractivity contribution in [3.8, 4) is 0 Å². The highest BCUT2D eigenvalue weighted by Crippen LogP contribution is 2.59. The molecule has 0 aliphatic heterocycles. The maximum atomic E-state index is 11.5. The molecule has 0 fully saturated rings. The van der Waals surface area contributed by atoms with E-state index >= 15 is 0 Å². The van der Waals surface area contributed by atoms with Crippen LogP contribution in [-0.4, -0.2) is 22.2 Å². The lowest BCUT2D eigenvalue weighted by atomic mass is 9.64. The molecule has 0 amide bonds. The van der Waals surface area contributed by atoms with E-state index in [1.54, 1.807) is 18.2 Å². The zero-order valence-electron chi connectivity index (χ0n) is 17.0. The zero-order chi connectivity index (χ0) is 21.6. The van der Waals surface area contributed by atoms with Crippen molar-refractivity contribution < 1.29 is 19.8 Å². The monoisotopic (exact) mass is 410 g/mol. The highest BCUT2D eigenvalue weighted by molar-refractivity contribution is 5.95. The van der Waals surface area contributed by atoms with Gasteiger partial charge in [-0.25, -0.2) is 9.59 Å². The molecule has 0 bridgehead atoms. The van der Waals surface area contributed by atoms with Crippen LogP contribution in [0.4, 0.5) is 0 Å². The van der Waals surface area contributed by atoms with Crippen LogP contribution in [-0.2, 0) is 10.2 Å². The molecule has 2 aromatic rings. The first-order valence-electron chi connectivity index (χ1n) is 10.5. The SMILES string of the molecule is O=C(O)C1=CC=C(C2(c3ccc(C(=O)O)cc3)C3=CCCC=C3c3ccccc32)CC1. The first kappa shape index (κ1) is 19.3. The van der Waals surface area contributed by atoms with Crippen LogP contribution in [0.3, 0.4) is 0 Å². The number of carbonyl (C=O) groups is 2. The van der Waals surface area contributed by atoms with Crippen LogP contribution in [0.2, 0.25) is 0 Å². The molecule has 3 aliphatic carbocycles. The summed E-state index contributed by atoms with van der Waals surface area (Å²) in [5.74, 6) is -1.82. The fraction of sp³-hybridized carbons (Fsp3) is 0.185. The molecule has 1 atom stereocenters. The molecule has 3 aliphatic rings. The first-order valence-corrected chi connectivity index (χ1v) is 10.5. The molecule has 4 nitrogen and oxygen atoms in total. The van der Waals surface area contributed by atoms with E-state index in [-0.39, 0.29) is 5.56 Å². The summed E-state index contributed by atoms with van der Waals surface area (Å²) in [6.45, 7) is 0. The fourth-order valence-corrected chi connectivity index (χ4v) is 5.31. The van der Waals surface area contributed by atoms with Gasteiger partial charge in [0.2, 0.25) is 0 Å². The van der Waals surface area contributed by atoms with Crippen LogP contribution in [0.5, 0.6) is 0 Å². The largest absolute Gasteiger partial charge is 0.478 e. The summed E-state index contributed by atoms with van der Waals surface area (Å²) in [5, 5.41) is 18.8. The van der Waals surface area contributed by atoms with Crippen molar-refractivity contribution in [2.75, 3.05) is 0 Å². The Morgan fingerprint density at radius 3 is 2.23 bits per heavy atom. The lowest BCUT2D eigenvalue weighted by Crippen LogP contribution is -2.31. The normalized spacial score (nSPS) is 21.8. The lowest BCUT2D eigenvalue weighted by molar-refractivity contribution is -0.132. The van der Waals surface area contributed by atoms with E-state index in [2.05, 4.69) is 24.3 Å². The number of carboxylic acid groups (broad SMARTS) is 2. The smallest absolute Gasteiger partial charge is 0.335 e. The molecule has 0 saturated carbocycles. The number of allylic oxidation sites excluding steroid dienone is 7. The summed E-state index contributed by atoms with van der Waals surface area (Å²) in [6.07, 6.45) is 11.3. The Balaban J connectivity index is 1.81. The van der Waals surface area contributed by atoms with Crippen LogP contribution < -0.4 is 0 Å². The molecule has 4 heteroatoms. The van der Waals surface area contributed by atoms with E-state index in [9.17, 15) is 19.8 Å². The number of aliphatic carboxylic acids is 1. The van der Waals surface area contributed by atoms with Gasteiger partial charge in [-0.05, 0) is 65.7 Å². The molecule has 31 heavy (non-hydrogen) atoms. The average molecular weight is 410 g/mol. The van der Waals surface area contributed by atoms with Crippen molar-refractivity contribution in [2.24, 2.45) is 0 Å². The second-order valence-electron chi connectivity index (χ2n) is 8.18. The topological polar surface area (TPSA) is 74.6 Å². The molecule has 2 aromatic carbocycles. The van der Waals surface area contributed by atoms with Gasteiger partial charge in [-0.15, -0.1) is 0 Å². The van der Waals surface area contributed by atoms with Gasteiger partial charge < -0.3 is 10.2 Å². The third-order valence-electron chi connectivity index (χ3n) is 6.65. The molecule has 154 valence electrons. The van der Waals surface area contributed by atoms with Crippen LogP contribution in [0.15, 0.2) is 89.6 Å². The molecule has 1 unspecified atom stereocenters. The van der Waals surface area contributed by atoms with Crippen LogP contribution in [0, 0.1) is 0 Å². The van der Waals surface area contributed by atoms with Gasteiger partial charge in [-0.1, -0.05) is 66.3 Å². The van der Waals surface area contributed by atoms with Gasteiger partial charge in [0.15, 0.2) is 0 Å². The standard InChI is InChI=1S/C27H22O4/c28-25(29)17-9-13-19(14-10-17)27(20-15-11-18(12-16-20)26(30)31)23-7-3-1-5-21(23)22-6-2-4-8-24(22)27/h1,3,5-11,13-15H,2,4,12,16H2,(H,28,29)(H,30,31). The van der Waals surface area contributed by atoms with Crippen molar-refractivity contribution in [3.63, 3.8) is 0 Å². The lowest BCUT2D eigenvalue weighted by Gasteiger charge is -2.38. The molecule has 0 aromatic heterocycles. The summed E-state index contributed by atoms with van der Waals surface area (Å²) in [4.78, 5) is 22.9. The number of aromatic carboxylic acids is 1. The van der Waals surface area contributed by atoms with Crippen molar-refractivity contribution in [3.05, 3.63) is 112 Å². The Kier molecular flexibility index (Phi) is 4.51. The zero-order valence-corrected chi connectivity index (χ0v) is 17.0. The molecule has 0 heterocycles. The Labute approximate surface area is 180 Å². The first-order chi connectivity index (χ1) is 15.0. The minimum atomic E-state index is -0.948. The minimum Gasteiger partial charge on any atom is -0.478 e. The highest BCUT2D eigenvalue weighted by Gasteiger charge is 2.49. The van der Waals surface area contributed by atoms with Crippen LogP contribution in [0.25, 0.3) is 5.57 Å². The number of rotatable bonds is 4. The van der Waals surface area contributed by atoms with E-state index in [0.717, 1.165) is 24.0 Å². The third-order valence-corrected chi connectivity index (χ3v) is 6.65. The molecule has 0 spiro atoms. The summed E-state index contributed by atoms with van der Waals surface area (Å²) < 4.78 is 0. The Morgan fingerprint density at radius 1 is 0.806 bits per heavy atom. The number of fused-ring (bicyclic) bond motifs is 3. The maximum absolute atomic E-state index is 11.5. The maximum Gasteiger partial charge on any atom is 0.335 e. The van der Waals surface area contributed by atoms with Crippen molar-refractivity contribution in [1.82, 2.24) is 0 Å². The van der Waals surface area contributed by atoms with Crippen molar-refractivity contribution >= 4 is 17.5 Å². The number of carboxylic acids is 2. The van der Waals surface area contributed by atoms with Crippen molar-refractivity contribution in [2.45, 2.75) is 31.1 Å². The second kappa shape index (κ2) is 7.24. The van der Waals surface area contributed by atoms with Crippen LogP contribution in [0.1, 0.15) is 52.7 Å². The average Bonchev–Trinajstić information content (AvgIpc) is 3.11. The highest BCUT2D eigenvalue weighted by atomic mass is 16.4. The van der Waals surface area contributed by atoms with E-state index < -0.39 is 17.4 Å². The minimum absolute atomic E-state index is 0.254. The molecular formula is C27H22O4. The summed E-state index contributed by atoms with van der Waals surface area (Å²) in [5.41, 5.74) is 7.12.